The summed E-state index contributed by atoms with van der Waals surface area (Å²) in [6.07, 6.45) is 0. The molecule has 2 nitrogen and oxygen atoms in total. The van der Waals surface area contributed by atoms with Gasteiger partial charge in [-0.05, 0) is 55.7 Å². The number of fused-ring (bicyclic) bond motifs is 1. The van der Waals surface area contributed by atoms with Gasteiger partial charge in [-0.15, -0.1) is 0 Å². The minimum atomic E-state index is -0.220. The molecule has 2 N–H and O–H groups in total. The normalized spacial score (nSPS) is 12.8. The van der Waals surface area contributed by atoms with Gasteiger partial charge in [-0.25, -0.2) is 0 Å². The van der Waals surface area contributed by atoms with Crippen LogP contribution in [0, 0.1) is 20.8 Å². The van der Waals surface area contributed by atoms with Crippen LogP contribution in [0.3, 0.4) is 0 Å². The molecule has 1 atom stereocenters. The molecular formula is C18H19NO. The van der Waals surface area contributed by atoms with Gasteiger partial charge in [0.2, 0.25) is 0 Å². The summed E-state index contributed by atoms with van der Waals surface area (Å²) in [6, 6.07) is 14.3. The molecule has 0 aliphatic heterocycles. The summed E-state index contributed by atoms with van der Waals surface area (Å²) in [5, 5.41) is 1.11. The van der Waals surface area contributed by atoms with Gasteiger partial charge in [0.15, 0.2) is 0 Å². The lowest BCUT2D eigenvalue weighted by Gasteiger charge is -2.11. The number of hydrogen-bond acceptors (Lipinski definition) is 2. The fraction of sp³-hybridized carbons (Fsp3) is 0.222. The Labute approximate surface area is 119 Å². The molecule has 102 valence electrons. The van der Waals surface area contributed by atoms with Crippen molar-refractivity contribution in [1.29, 1.82) is 0 Å². The molecule has 20 heavy (non-hydrogen) atoms. The summed E-state index contributed by atoms with van der Waals surface area (Å²) in [5.41, 5.74) is 12.1. The Bertz CT molecular complexity index is 770. The van der Waals surface area contributed by atoms with E-state index in [1.165, 1.54) is 16.7 Å². The number of hydrogen-bond donors (Lipinski definition) is 1. The Morgan fingerprint density at radius 2 is 1.70 bits per heavy atom. The summed E-state index contributed by atoms with van der Waals surface area (Å²) in [7, 11) is 0. The Morgan fingerprint density at radius 3 is 2.45 bits per heavy atom. The second-order valence-corrected chi connectivity index (χ2v) is 5.51. The van der Waals surface area contributed by atoms with Crippen LogP contribution in [0.25, 0.3) is 11.0 Å². The number of benzene rings is 2. The van der Waals surface area contributed by atoms with E-state index in [1.807, 2.05) is 12.1 Å². The first-order valence-corrected chi connectivity index (χ1v) is 6.87. The van der Waals surface area contributed by atoms with Crippen LogP contribution < -0.4 is 5.73 Å². The van der Waals surface area contributed by atoms with E-state index in [-0.39, 0.29) is 6.04 Å². The van der Waals surface area contributed by atoms with Crippen molar-refractivity contribution in [3.63, 3.8) is 0 Å². The summed E-state index contributed by atoms with van der Waals surface area (Å²) in [5.74, 6) is 0.814. The molecule has 0 bridgehead atoms. The molecule has 2 heteroatoms. The van der Waals surface area contributed by atoms with Gasteiger partial charge in [-0.3, -0.25) is 0 Å². The predicted molar refractivity (Wildman–Crippen MR) is 82.9 cm³/mol. The fourth-order valence-electron chi connectivity index (χ4n) is 2.46. The summed E-state index contributed by atoms with van der Waals surface area (Å²) < 4.78 is 5.88. The number of aryl methyl sites for hydroxylation is 3. The van der Waals surface area contributed by atoms with Crippen molar-refractivity contribution >= 4 is 11.0 Å². The minimum Gasteiger partial charge on any atom is -0.459 e. The van der Waals surface area contributed by atoms with Gasteiger partial charge >= 0.3 is 0 Å². The van der Waals surface area contributed by atoms with E-state index < -0.39 is 0 Å². The first-order chi connectivity index (χ1) is 9.54. The van der Waals surface area contributed by atoms with Gasteiger partial charge in [0.05, 0.1) is 6.04 Å². The van der Waals surface area contributed by atoms with Gasteiger partial charge in [0, 0.05) is 5.39 Å². The van der Waals surface area contributed by atoms with Crippen LogP contribution in [-0.2, 0) is 0 Å². The van der Waals surface area contributed by atoms with Gasteiger partial charge < -0.3 is 10.2 Å². The van der Waals surface area contributed by atoms with Crippen LogP contribution in [0.15, 0.2) is 46.9 Å². The second-order valence-electron chi connectivity index (χ2n) is 5.51. The molecule has 0 saturated heterocycles. The van der Waals surface area contributed by atoms with E-state index >= 15 is 0 Å². The zero-order chi connectivity index (χ0) is 14.3. The lowest BCUT2D eigenvalue weighted by molar-refractivity contribution is 0.525. The molecule has 0 saturated carbocycles. The van der Waals surface area contributed by atoms with Crippen LogP contribution in [0.2, 0.25) is 0 Å². The molecule has 1 aromatic heterocycles. The minimum absolute atomic E-state index is 0.220. The van der Waals surface area contributed by atoms with Gasteiger partial charge in [0.1, 0.15) is 11.3 Å². The molecule has 1 heterocycles. The van der Waals surface area contributed by atoms with Crippen molar-refractivity contribution in [3.8, 4) is 0 Å². The molecule has 0 amide bonds. The van der Waals surface area contributed by atoms with E-state index in [4.69, 9.17) is 10.2 Å². The highest BCUT2D eigenvalue weighted by molar-refractivity contribution is 5.78. The topological polar surface area (TPSA) is 39.2 Å². The summed E-state index contributed by atoms with van der Waals surface area (Å²) in [6.45, 7) is 6.29. The van der Waals surface area contributed by atoms with Crippen molar-refractivity contribution in [2.24, 2.45) is 5.73 Å². The maximum atomic E-state index is 6.34. The fourth-order valence-corrected chi connectivity index (χ4v) is 2.46. The first kappa shape index (κ1) is 12.9. The molecule has 3 aromatic rings. The van der Waals surface area contributed by atoms with E-state index in [0.717, 1.165) is 22.3 Å². The largest absolute Gasteiger partial charge is 0.459 e. The molecule has 0 fully saturated rings. The SMILES string of the molecule is Cc1ccc2oc(C(N)c3ccc(C)c(C)c3)cc2c1. The van der Waals surface area contributed by atoms with Gasteiger partial charge in [-0.1, -0.05) is 29.8 Å². The van der Waals surface area contributed by atoms with Crippen molar-refractivity contribution in [1.82, 2.24) is 0 Å². The zero-order valence-electron chi connectivity index (χ0n) is 12.1. The predicted octanol–water partition coefficient (Wildman–Crippen LogP) is 4.41. The Morgan fingerprint density at radius 1 is 0.900 bits per heavy atom. The van der Waals surface area contributed by atoms with Crippen LogP contribution in [0.5, 0.6) is 0 Å². The van der Waals surface area contributed by atoms with Crippen LogP contribution >= 0.6 is 0 Å². The molecule has 0 aliphatic carbocycles. The van der Waals surface area contributed by atoms with Gasteiger partial charge in [-0.2, -0.15) is 0 Å². The van der Waals surface area contributed by atoms with Crippen LogP contribution in [-0.4, -0.2) is 0 Å². The summed E-state index contributed by atoms with van der Waals surface area (Å²) >= 11 is 0. The van der Waals surface area contributed by atoms with Crippen LogP contribution in [0.4, 0.5) is 0 Å². The first-order valence-electron chi connectivity index (χ1n) is 6.87. The third kappa shape index (κ3) is 2.23. The Balaban J connectivity index is 2.02. The second kappa shape index (κ2) is 4.80. The highest BCUT2D eigenvalue weighted by atomic mass is 16.3. The average Bonchev–Trinajstić information content (AvgIpc) is 2.84. The molecule has 0 aliphatic rings. The number of rotatable bonds is 2. The van der Waals surface area contributed by atoms with Crippen molar-refractivity contribution in [3.05, 3.63) is 70.5 Å². The lowest BCUT2D eigenvalue weighted by Crippen LogP contribution is -2.11. The quantitative estimate of drug-likeness (QED) is 0.745. The molecule has 1 unspecified atom stereocenters. The highest BCUT2D eigenvalue weighted by Gasteiger charge is 2.14. The van der Waals surface area contributed by atoms with Crippen molar-refractivity contribution in [2.75, 3.05) is 0 Å². The van der Waals surface area contributed by atoms with E-state index in [1.54, 1.807) is 0 Å². The maximum absolute atomic E-state index is 6.34. The zero-order valence-corrected chi connectivity index (χ0v) is 12.1. The third-order valence-electron chi connectivity index (χ3n) is 3.89. The molecule has 3 rings (SSSR count). The third-order valence-corrected chi connectivity index (χ3v) is 3.89. The monoisotopic (exact) mass is 265 g/mol. The molecular weight excluding hydrogens is 246 g/mol. The molecule has 0 radical (unpaired) electrons. The van der Waals surface area contributed by atoms with Crippen LogP contribution in [0.1, 0.15) is 34.1 Å². The van der Waals surface area contributed by atoms with Crippen molar-refractivity contribution < 1.29 is 4.42 Å². The maximum Gasteiger partial charge on any atom is 0.134 e. The molecule has 2 aromatic carbocycles. The highest BCUT2D eigenvalue weighted by Crippen LogP contribution is 2.28. The number of furan rings is 1. The van der Waals surface area contributed by atoms with E-state index in [9.17, 15) is 0 Å². The lowest BCUT2D eigenvalue weighted by atomic mass is 10.00. The van der Waals surface area contributed by atoms with E-state index in [2.05, 4.69) is 51.1 Å². The standard InChI is InChI=1S/C18H19NO/c1-11-4-7-16-15(8-11)10-17(20-16)18(19)14-6-5-12(2)13(3)9-14/h4-10,18H,19H2,1-3H3. The number of nitrogens with two attached hydrogens (primary N) is 1. The summed E-state index contributed by atoms with van der Waals surface area (Å²) in [4.78, 5) is 0. The molecule has 0 spiro atoms. The van der Waals surface area contributed by atoms with E-state index in [0.29, 0.717) is 0 Å². The van der Waals surface area contributed by atoms with Crippen molar-refractivity contribution in [2.45, 2.75) is 26.8 Å². The Kier molecular flexibility index (Phi) is 3.11. The average molecular weight is 265 g/mol. The Hall–Kier alpha value is -2.06. The van der Waals surface area contributed by atoms with Gasteiger partial charge in [0.25, 0.3) is 0 Å². The smallest absolute Gasteiger partial charge is 0.134 e.